The van der Waals surface area contributed by atoms with Crippen molar-refractivity contribution in [2.24, 2.45) is 0 Å². The van der Waals surface area contributed by atoms with E-state index in [0.29, 0.717) is 5.56 Å². The predicted octanol–water partition coefficient (Wildman–Crippen LogP) is 3.29. The third-order valence-electron chi connectivity index (χ3n) is 3.09. The highest BCUT2D eigenvalue weighted by atomic mass is 79.9. The molecular weight excluding hydrogens is 350 g/mol. The van der Waals surface area contributed by atoms with Gasteiger partial charge in [-0.05, 0) is 24.3 Å². The summed E-state index contributed by atoms with van der Waals surface area (Å²) in [6, 6.07) is 11.9. The summed E-state index contributed by atoms with van der Waals surface area (Å²) in [6.07, 6.45) is -0.217. The Bertz CT molecular complexity index is 685. The third-order valence-corrected chi connectivity index (χ3v) is 3.62. The maximum Gasteiger partial charge on any atom is 0.326 e. The first-order chi connectivity index (χ1) is 10.5. The number of benzene rings is 2. The molecule has 0 aliphatic rings. The first kappa shape index (κ1) is 16.0. The Morgan fingerprint density at radius 3 is 2.32 bits per heavy atom. The van der Waals surface area contributed by atoms with Gasteiger partial charge in [0.05, 0.1) is 5.69 Å². The van der Waals surface area contributed by atoms with Crippen molar-refractivity contribution in [2.75, 3.05) is 5.32 Å². The molecule has 0 amide bonds. The van der Waals surface area contributed by atoms with Crippen LogP contribution in [0.1, 0.15) is 16.8 Å². The van der Waals surface area contributed by atoms with Crippen molar-refractivity contribution in [1.82, 2.24) is 0 Å². The molecule has 1 unspecified atom stereocenters. The maximum absolute atomic E-state index is 12.2. The summed E-state index contributed by atoms with van der Waals surface area (Å²) < 4.78 is 0.839. The highest BCUT2D eigenvalue weighted by Crippen LogP contribution is 2.23. The number of aromatic hydroxyl groups is 1. The fraction of sp³-hybridized carbons (Fsp3) is 0.125. The highest BCUT2D eigenvalue weighted by molar-refractivity contribution is 9.10. The Kier molecular flexibility index (Phi) is 5.16. The second kappa shape index (κ2) is 7.09. The Morgan fingerprint density at radius 2 is 1.73 bits per heavy atom. The third kappa shape index (κ3) is 4.08. The molecule has 0 aromatic heterocycles. The Balaban J connectivity index is 2.12. The van der Waals surface area contributed by atoms with Gasteiger partial charge in [-0.15, -0.1) is 0 Å². The zero-order chi connectivity index (χ0) is 16.1. The number of hydrogen-bond acceptors (Lipinski definition) is 4. The van der Waals surface area contributed by atoms with E-state index in [1.54, 1.807) is 42.5 Å². The van der Waals surface area contributed by atoms with E-state index in [9.17, 15) is 19.8 Å². The van der Waals surface area contributed by atoms with E-state index >= 15 is 0 Å². The van der Waals surface area contributed by atoms with Crippen LogP contribution in [0, 0.1) is 0 Å². The Labute approximate surface area is 135 Å². The molecule has 1 atom stereocenters. The zero-order valence-corrected chi connectivity index (χ0v) is 13.1. The van der Waals surface area contributed by atoms with Crippen LogP contribution in [0.4, 0.5) is 5.69 Å². The quantitative estimate of drug-likeness (QED) is 0.541. The number of para-hydroxylation sites is 2. The molecule has 22 heavy (non-hydrogen) atoms. The number of anilines is 1. The molecule has 0 fully saturated rings. The van der Waals surface area contributed by atoms with Crippen molar-refractivity contribution in [3.05, 3.63) is 58.6 Å². The van der Waals surface area contributed by atoms with Gasteiger partial charge in [-0.3, -0.25) is 4.79 Å². The minimum atomic E-state index is -1.16. The molecule has 2 aromatic carbocycles. The molecule has 0 aliphatic heterocycles. The Hall–Kier alpha value is -2.34. The second-order valence-corrected chi connectivity index (χ2v) is 5.60. The van der Waals surface area contributed by atoms with Gasteiger partial charge in [-0.2, -0.15) is 0 Å². The maximum atomic E-state index is 12.2. The van der Waals surface area contributed by atoms with E-state index in [1.165, 1.54) is 6.07 Å². The van der Waals surface area contributed by atoms with E-state index in [1.807, 2.05) is 0 Å². The van der Waals surface area contributed by atoms with Gasteiger partial charge in [0.1, 0.15) is 11.8 Å². The lowest BCUT2D eigenvalue weighted by Crippen LogP contribution is -2.31. The van der Waals surface area contributed by atoms with Crippen LogP contribution in [0.3, 0.4) is 0 Å². The number of carboxylic acid groups (broad SMARTS) is 1. The lowest BCUT2D eigenvalue weighted by Gasteiger charge is -2.16. The van der Waals surface area contributed by atoms with Crippen LogP contribution in [0.25, 0.3) is 0 Å². The van der Waals surface area contributed by atoms with Crippen LogP contribution in [-0.4, -0.2) is 28.0 Å². The summed E-state index contributed by atoms with van der Waals surface area (Å²) in [5.74, 6) is -1.51. The van der Waals surface area contributed by atoms with Gasteiger partial charge >= 0.3 is 5.97 Å². The van der Waals surface area contributed by atoms with Gasteiger partial charge in [0.25, 0.3) is 0 Å². The molecular formula is C16H14BrNO4. The van der Waals surface area contributed by atoms with Crippen molar-refractivity contribution >= 4 is 33.4 Å². The molecule has 3 N–H and O–H groups in total. The smallest absolute Gasteiger partial charge is 0.326 e. The van der Waals surface area contributed by atoms with Gasteiger partial charge in [-0.1, -0.05) is 40.2 Å². The minimum Gasteiger partial charge on any atom is -0.506 e. The number of Topliss-reactive ketones (excluding diaryl/α,β-unsaturated/α-hetero) is 1. The molecule has 6 heteroatoms. The Morgan fingerprint density at radius 1 is 1.09 bits per heavy atom. The van der Waals surface area contributed by atoms with E-state index in [0.717, 1.165) is 4.47 Å². The summed E-state index contributed by atoms with van der Waals surface area (Å²) in [7, 11) is 0. The number of rotatable bonds is 6. The molecule has 0 aliphatic carbocycles. The van der Waals surface area contributed by atoms with Crippen LogP contribution >= 0.6 is 15.9 Å². The fourth-order valence-electron chi connectivity index (χ4n) is 1.92. The van der Waals surface area contributed by atoms with Crippen LogP contribution in [0.5, 0.6) is 5.75 Å². The van der Waals surface area contributed by atoms with Gasteiger partial charge < -0.3 is 15.5 Å². The van der Waals surface area contributed by atoms with E-state index in [-0.39, 0.29) is 23.6 Å². The molecule has 5 nitrogen and oxygen atoms in total. The molecule has 0 heterocycles. The van der Waals surface area contributed by atoms with Crippen LogP contribution in [0.2, 0.25) is 0 Å². The first-order valence-corrected chi connectivity index (χ1v) is 7.33. The molecule has 2 rings (SSSR count). The summed E-state index contributed by atoms with van der Waals surface area (Å²) in [5.41, 5.74) is 0.715. The highest BCUT2D eigenvalue weighted by Gasteiger charge is 2.22. The van der Waals surface area contributed by atoms with E-state index in [2.05, 4.69) is 21.2 Å². The average Bonchev–Trinajstić information content (AvgIpc) is 2.49. The van der Waals surface area contributed by atoms with E-state index in [4.69, 9.17) is 0 Å². The number of ketones is 1. The summed E-state index contributed by atoms with van der Waals surface area (Å²) in [6.45, 7) is 0. The lowest BCUT2D eigenvalue weighted by molar-refractivity contribution is -0.137. The number of phenols is 1. The number of aliphatic carboxylic acids is 1. The second-order valence-electron chi connectivity index (χ2n) is 4.69. The number of halogens is 1. The van der Waals surface area contributed by atoms with Crippen molar-refractivity contribution < 1.29 is 19.8 Å². The molecule has 0 spiro atoms. The minimum absolute atomic E-state index is 0.0650. The first-order valence-electron chi connectivity index (χ1n) is 6.53. The molecule has 0 radical (unpaired) electrons. The van der Waals surface area contributed by atoms with Gasteiger partial charge in [0.15, 0.2) is 5.78 Å². The van der Waals surface area contributed by atoms with Crippen LogP contribution in [0.15, 0.2) is 53.0 Å². The number of nitrogens with one attached hydrogen (secondary N) is 1. The number of carbonyl (C=O) groups excluding carboxylic acids is 1. The number of phenolic OH excluding ortho intramolecular Hbond substituents is 1. The fourth-order valence-corrected chi connectivity index (χ4v) is 2.19. The van der Waals surface area contributed by atoms with Gasteiger partial charge in [0.2, 0.25) is 0 Å². The molecule has 0 saturated heterocycles. The largest absolute Gasteiger partial charge is 0.506 e. The van der Waals surface area contributed by atoms with Crippen molar-refractivity contribution in [3.8, 4) is 5.75 Å². The van der Waals surface area contributed by atoms with E-state index < -0.39 is 12.0 Å². The number of hydrogen-bond donors (Lipinski definition) is 3. The topological polar surface area (TPSA) is 86.6 Å². The summed E-state index contributed by atoms with van der Waals surface area (Å²) in [4.78, 5) is 23.5. The summed E-state index contributed by atoms with van der Waals surface area (Å²) in [5, 5.41) is 21.6. The standard InChI is InChI=1S/C16H14BrNO4/c17-11-7-5-10(6-8-11)15(20)9-13(16(21)22)18-12-3-1-2-4-14(12)19/h1-8,13,18-19H,9H2,(H,21,22). The molecule has 0 saturated carbocycles. The van der Waals surface area contributed by atoms with Crippen molar-refractivity contribution in [2.45, 2.75) is 12.5 Å². The SMILES string of the molecule is O=C(CC(Nc1ccccc1O)C(=O)O)c1ccc(Br)cc1. The molecule has 114 valence electrons. The number of carbonyl (C=O) groups is 2. The average molecular weight is 364 g/mol. The lowest BCUT2D eigenvalue weighted by atomic mass is 10.0. The molecule has 0 bridgehead atoms. The van der Waals surface area contributed by atoms with Crippen molar-refractivity contribution in [3.63, 3.8) is 0 Å². The van der Waals surface area contributed by atoms with Gasteiger partial charge in [-0.25, -0.2) is 4.79 Å². The monoisotopic (exact) mass is 363 g/mol. The van der Waals surface area contributed by atoms with Crippen molar-refractivity contribution in [1.29, 1.82) is 0 Å². The van der Waals surface area contributed by atoms with Crippen LogP contribution in [-0.2, 0) is 4.79 Å². The van der Waals surface area contributed by atoms with Gasteiger partial charge in [0, 0.05) is 16.5 Å². The molecule has 2 aromatic rings. The number of carboxylic acids is 1. The zero-order valence-electron chi connectivity index (χ0n) is 11.5. The normalized spacial score (nSPS) is 11.7. The predicted molar refractivity (Wildman–Crippen MR) is 86.2 cm³/mol. The van der Waals surface area contributed by atoms with Crippen LogP contribution < -0.4 is 5.32 Å². The summed E-state index contributed by atoms with van der Waals surface area (Å²) >= 11 is 3.28.